The highest BCUT2D eigenvalue weighted by Crippen LogP contribution is 2.24. The molecule has 0 spiro atoms. The lowest BCUT2D eigenvalue weighted by molar-refractivity contribution is 0.103. The Balaban J connectivity index is 2.10. The number of ketones is 1. The molecule has 2 nitrogen and oxygen atoms in total. The number of carbonyl (C=O) groups is 1. The Hall–Kier alpha value is -1.90. The van der Waals surface area contributed by atoms with Crippen LogP contribution in [-0.4, -0.2) is 10.8 Å². The SMILES string of the molecule is O=C(c1ccc2cccnc2c1)c1cc(Cl)ccc1Cl. The van der Waals surface area contributed by atoms with E-state index in [0.29, 0.717) is 21.2 Å². The largest absolute Gasteiger partial charge is 0.289 e. The van der Waals surface area contributed by atoms with Crippen LogP contribution in [0, 0.1) is 0 Å². The van der Waals surface area contributed by atoms with Gasteiger partial charge in [0.25, 0.3) is 0 Å². The highest BCUT2D eigenvalue weighted by molar-refractivity contribution is 6.36. The van der Waals surface area contributed by atoms with E-state index in [2.05, 4.69) is 4.98 Å². The summed E-state index contributed by atoms with van der Waals surface area (Å²) in [5.41, 5.74) is 1.71. The monoisotopic (exact) mass is 301 g/mol. The van der Waals surface area contributed by atoms with Crippen molar-refractivity contribution in [1.82, 2.24) is 4.98 Å². The maximum absolute atomic E-state index is 12.5. The first-order chi connectivity index (χ1) is 9.65. The molecule has 1 heterocycles. The standard InChI is InChI=1S/C16H9Cl2NO/c17-12-5-6-14(18)13(9-12)16(20)11-4-3-10-2-1-7-19-15(10)8-11/h1-9H. The minimum Gasteiger partial charge on any atom is -0.289 e. The van der Waals surface area contributed by atoms with Gasteiger partial charge < -0.3 is 0 Å². The molecule has 0 saturated carbocycles. The molecule has 0 aliphatic carbocycles. The summed E-state index contributed by atoms with van der Waals surface area (Å²) in [5, 5.41) is 1.86. The van der Waals surface area contributed by atoms with Crippen molar-refractivity contribution < 1.29 is 4.79 Å². The molecule has 0 saturated heterocycles. The molecule has 0 bridgehead atoms. The lowest BCUT2D eigenvalue weighted by atomic mass is 10.0. The van der Waals surface area contributed by atoms with Gasteiger partial charge in [0.15, 0.2) is 5.78 Å². The number of halogens is 2. The van der Waals surface area contributed by atoms with Crippen LogP contribution in [0.25, 0.3) is 10.9 Å². The molecule has 98 valence electrons. The van der Waals surface area contributed by atoms with Gasteiger partial charge in [0, 0.05) is 27.7 Å². The van der Waals surface area contributed by atoms with Gasteiger partial charge in [-0.1, -0.05) is 41.4 Å². The smallest absolute Gasteiger partial charge is 0.194 e. The van der Waals surface area contributed by atoms with Gasteiger partial charge in [0.05, 0.1) is 10.5 Å². The predicted molar refractivity (Wildman–Crippen MR) is 81.6 cm³/mol. The second-order valence-corrected chi connectivity index (χ2v) is 5.21. The van der Waals surface area contributed by atoms with Crippen LogP contribution in [0.4, 0.5) is 0 Å². The molecule has 0 aliphatic rings. The third-order valence-corrected chi connectivity index (χ3v) is 3.61. The van der Waals surface area contributed by atoms with E-state index in [1.165, 1.54) is 0 Å². The van der Waals surface area contributed by atoms with E-state index in [1.807, 2.05) is 18.2 Å². The zero-order valence-electron chi connectivity index (χ0n) is 10.3. The van der Waals surface area contributed by atoms with E-state index in [9.17, 15) is 4.79 Å². The van der Waals surface area contributed by atoms with E-state index >= 15 is 0 Å². The van der Waals surface area contributed by atoms with Crippen molar-refractivity contribution in [1.29, 1.82) is 0 Å². The van der Waals surface area contributed by atoms with Crippen LogP contribution >= 0.6 is 23.2 Å². The van der Waals surface area contributed by atoms with Crippen molar-refractivity contribution in [2.75, 3.05) is 0 Å². The van der Waals surface area contributed by atoms with Crippen LogP contribution < -0.4 is 0 Å². The highest BCUT2D eigenvalue weighted by atomic mass is 35.5. The van der Waals surface area contributed by atoms with Crippen molar-refractivity contribution in [3.8, 4) is 0 Å². The second kappa shape index (κ2) is 5.23. The fourth-order valence-electron chi connectivity index (χ4n) is 2.03. The first-order valence-corrected chi connectivity index (χ1v) is 6.75. The molecule has 0 radical (unpaired) electrons. The number of nitrogens with zero attached hydrogens (tertiary/aromatic N) is 1. The number of hydrogen-bond acceptors (Lipinski definition) is 2. The van der Waals surface area contributed by atoms with Crippen molar-refractivity contribution in [3.63, 3.8) is 0 Å². The Morgan fingerprint density at radius 2 is 1.85 bits per heavy atom. The Labute approximate surface area is 126 Å². The number of fused-ring (bicyclic) bond motifs is 1. The van der Waals surface area contributed by atoms with Gasteiger partial charge in [-0.3, -0.25) is 9.78 Å². The number of pyridine rings is 1. The molecule has 4 heteroatoms. The Kier molecular flexibility index (Phi) is 3.43. The van der Waals surface area contributed by atoms with Gasteiger partial charge in [-0.2, -0.15) is 0 Å². The third-order valence-electron chi connectivity index (χ3n) is 3.04. The van der Waals surface area contributed by atoms with Crippen LogP contribution in [0.2, 0.25) is 10.0 Å². The molecule has 0 unspecified atom stereocenters. The van der Waals surface area contributed by atoms with Crippen LogP contribution in [-0.2, 0) is 0 Å². The molecule has 2 aromatic carbocycles. The molecule has 0 fully saturated rings. The van der Waals surface area contributed by atoms with Crippen molar-refractivity contribution in [2.24, 2.45) is 0 Å². The average Bonchev–Trinajstić information content (AvgIpc) is 2.48. The van der Waals surface area contributed by atoms with Gasteiger partial charge >= 0.3 is 0 Å². The van der Waals surface area contributed by atoms with E-state index < -0.39 is 0 Å². The summed E-state index contributed by atoms with van der Waals surface area (Å²) in [5.74, 6) is -0.162. The van der Waals surface area contributed by atoms with E-state index in [0.717, 1.165) is 10.9 Å². The van der Waals surface area contributed by atoms with Crippen molar-refractivity contribution in [2.45, 2.75) is 0 Å². The highest BCUT2D eigenvalue weighted by Gasteiger charge is 2.14. The Morgan fingerprint density at radius 3 is 2.70 bits per heavy atom. The molecular formula is C16H9Cl2NO. The quantitative estimate of drug-likeness (QED) is 0.638. The summed E-state index contributed by atoms with van der Waals surface area (Å²) in [6, 6.07) is 14.1. The molecule has 3 aromatic rings. The summed E-state index contributed by atoms with van der Waals surface area (Å²) in [4.78, 5) is 16.7. The molecule has 3 rings (SSSR count). The van der Waals surface area contributed by atoms with Gasteiger partial charge in [0.2, 0.25) is 0 Å². The third kappa shape index (κ3) is 2.40. The number of carbonyl (C=O) groups excluding carboxylic acids is 1. The lowest BCUT2D eigenvalue weighted by Gasteiger charge is -2.05. The topological polar surface area (TPSA) is 30.0 Å². The van der Waals surface area contributed by atoms with Gasteiger partial charge in [-0.05, 0) is 30.3 Å². The van der Waals surface area contributed by atoms with Crippen LogP contribution in [0.3, 0.4) is 0 Å². The first-order valence-electron chi connectivity index (χ1n) is 6.00. The minimum atomic E-state index is -0.162. The minimum absolute atomic E-state index is 0.162. The number of aromatic nitrogens is 1. The summed E-state index contributed by atoms with van der Waals surface area (Å²) in [7, 11) is 0. The van der Waals surface area contributed by atoms with E-state index in [4.69, 9.17) is 23.2 Å². The Bertz CT molecular complexity index is 814. The number of benzene rings is 2. The molecule has 20 heavy (non-hydrogen) atoms. The van der Waals surface area contributed by atoms with Gasteiger partial charge in [-0.15, -0.1) is 0 Å². The molecule has 0 atom stereocenters. The van der Waals surface area contributed by atoms with E-state index in [-0.39, 0.29) is 5.78 Å². The first kappa shape index (κ1) is 13.1. The zero-order chi connectivity index (χ0) is 14.1. The molecule has 0 amide bonds. The van der Waals surface area contributed by atoms with Crippen LogP contribution in [0.5, 0.6) is 0 Å². The number of rotatable bonds is 2. The second-order valence-electron chi connectivity index (χ2n) is 4.36. The maximum Gasteiger partial charge on any atom is 0.194 e. The molecule has 1 aromatic heterocycles. The number of hydrogen-bond donors (Lipinski definition) is 0. The summed E-state index contributed by atoms with van der Waals surface area (Å²) in [6.45, 7) is 0. The summed E-state index contributed by atoms with van der Waals surface area (Å²) >= 11 is 12.0. The van der Waals surface area contributed by atoms with Gasteiger partial charge in [0.1, 0.15) is 0 Å². The summed E-state index contributed by atoms with van der Waals surface area (Å²) < 4.78 is 0. The fourth-order valence-corrected chi connectivity index (χ4v) is 2.41. The van der Waals surface area contributed by atoms with Crippen molar-refractivity contribution in [3.05, 3.63) is 75.9 Å². The molecule has 0 N–H and O–H groups in total. The zero-order valence-corrected chi connectivity index (χ0v) is 11.8. The van der Waals surface area contributed by atoms with E-state index in [1.54, 1.807) is 36.5 Å². The Morgan fingerprint density at radius 1 is 1.00 bits per heavy atom. The average molecular weight is 302 g/mol. The maximum atomic E-state index is 12.5. The summed E-state index contributed by atoms with van der Waals surface area (Å²) in [6.07, 6.45) is 1.70. The predicted octanol–water partition coefficient (Wildman–Crippen LogP) is 4.77. The molecular weight excluding hydrogens is 293 g/mol. The van der Waals surface area contributed by atoms with Crippen LogP contribution in [0.1, 0.15) is 15.9 Å². The molecule has 0 aliphatic heterocycles. The fraction of sp³-hybridized carbons (Fsp3) is 0. The van der Waals surface area contributed by atoms with Gasteiger partial charge in [-0.25, -0.2) is 0 Å². The lowest BCUT2D eigenvalue weighted by Crippen LogP contribution is -2.02. The van der Waals surface area contributed by atoms with Crippen molar-refractivity contribution >= 4 is 39.9 Å². The van der Waals surface area contributed by atoms with Crippen LogP contribution in [0.15, 0.2) is 54.7 Å². The normalized spacial score (nSPS) is 10.7.